The molecule has 40 heavy (non-hydrogen) atoms. The molecule has 0 bridgehead atoms. The Labute approximate surface area is 225 Å². The van der Waals surface area contributed by atoms with Gasteiger partial charge in [-0.05, 0) is 23.3 Å². The number of carbonyl (C=O) groups is 1. The first-order valence-corrected chi connectivity index (χ1v) is 12.4. The van der Waals surface area contributed by atoms with Crippen molar-refractivity contribution < 1.29 is 30.1 Å². The third kappa shape index (κ3) is 5.32. The van der Waals surface area contributed by atoms with E-state index in [1.54, 1.807) is 0 Å². The highest BCUT2D eigenvalue weighted by Gasteiger charge is 2.44. The van der Waals surface area contributed by atoms with Crippen LogP contribution < -0.4 is 10.6 Å². The number of nitrogens with one attached hydrogen (secondary N) is 3. The average Bonchev–Trinajstić information content (AvgIpc) is 3.68. The Hall–Kier alpha value is -4.51. The number of H-pyrrole nitrogens is 1. The molecule has 0 aliphatic heterocycles. The zero-order valence-corrected chi connectivity index (χ0v) is 21.0. The van der Waals surface area contributed by atoms with Crippen molar-refractivity contribution in [2.75, 3.05) is 18.5 Å². The lowest BCUT2D eigenvalue weighted by atomic mass is 10.1. The highest BCUT2D eigenvalue weighted by Crippen LogP contribution is 2.35. The lowest BCUT2D eigenvalue weighted by Crippen LogP contribution is -2.44. The van der Waals surface area contributed by atoms with E-state index in [4.69, 9.17) is 5.11 Å². The molecule has 5 rings (SSSR count). The number of nitrogens with zero attached hydrogens (tertiary/aromatic N) is 6. The topological polar surface area (TPSA) is 237 Å². The smallest absolute Gasteiger partial charge is 0.341 e. The maximum atomic E-state index is 11.7. The maximum Gasteiger partial charge on any atom is 0.341 e. The molecule has 16 heteroatoms. The Morgan fingerprint density at radius 3 is 2.62 bits per heavy atom. The number of anilines is 1. The Bertz CT molecular complexity index is 1510. The fourth-order valence-corrected chi connectivity index (χ4v) is 4.82. The standard InChI is InChI=1S/C24H27N9O7/c34-9-13(6-12-4-2-1-3-5-12)27-21-18-24(31-23(30-21)22-25-8-16(29-22)33(39)40)32(11-26-18)15-7-14(19(37)20(15)38)28-17(36)10-35/h1-5,8,11,13-15,19-20,34-35,37-38H,6-7,9-10H2,(H,25,29)(H,28,36)(H,27,30,31)/t13-,14-,15+,19+,20-/m0/s1. The van der Waals surface area contributed by atoms with Gasteiger partial charge in [-0.2, -0.15) is 0 Å². The van der Waals surface area contributed by atoms with E-state index in [1.165, 1.54) is 10.9 Å². The van der Waals surface area contributed by atoms with Crippen molar-refractivity contribution in [1.29, 1.82) is 0 Å². The molecule has 1 aromatic carbocycles. The van der Waals surface area contributed by atoms with E-state index in [0.717, 1.165) is 11.8 Å². The van der Waals surface area contributed by atoms with Crippen LogP contribution in [0.15, 0.2) is 42.9 Å². The summed E-state index contributed by atoms with van der Waals surface area (Å²) in [6.07, 6.45) is 0.343. The van der Waals surface area contributed by atoms with Gasteiger partial charge in [-0.3, -0.25) is 4.79 Å². The number of benzene rings is 1. The summed E-state index contributed by atoms with van der Waals surface area (Å²) in [5, 5.41) is 57.4. The number of aromatic nitrogens is 6. The molecule has 4 aromatic rings. The quantitative estimate of drug-likeness (QED) is 0.0951. The van der Waals surface area contributed by atoms with Gasteiger partial charge in [0.25, 0.3) is 5.82 Å². The van der Waals surface area contributed by atoms with Crippen LogP contribution in [-0.2, 0) is 11.2 Å². The predicted molar refractivity (Wildman–Crippen MR) is 139 cm³/mol. The van der Waals surface area contributed by atoms with Crippen LogP contribution in [0.5, 0.6) is 0 Å². The molecule has 3 aromatic heterocycles. The van der Waals surface area contributed by atoms with Gasteiger partial charge in [0.1, 0.15) is 30.5 Å². The fraction of sp³-hybridized carbons (Fsp3) is 0.375. The highest BCUT2D eigenvalue weighted by molar-refractivity contribution is 5.85. The van der Waals surface area contributed by atoms with E-state index in [2.05, 4.69) is 35.6 Å². The molecule has 5 atom stereocenters. The summed E-state index contributed by atoms with van der Waals surface area (Å²) in [5.74, 6) is -0.856. The molecule has 0 saturated heterocycles. The summed E-state index contributed by atoms with van der Waals surface area (Å²) in [4.78, 5) is 42.3. The molecule has 1 amide bonds. The molecule has 0 spiro atoms. The SMILES string of the molecule is O=C(CO)N[C@H]1C[C@@H](n2cnc3c(N[C@H](CO)Cc4ccccc4)nc(-c4ncc([N+](=O)[O-])[nH]4)nc32)[C@H](O)[C@@H]1O. The van der Waals surface area contributed by atoms with Gasteiger partial charge in [-0.15, -0.1) is 0 Å². The molecule has 1 saturated carbocycles. The van der Waals surface area contributed by atoms with Gasteiger partial charge >= 0.3 is 5.82 Å². The summed E-state index contributed by atoms with van der Waals surface area (Å²) in [5.41, 5.74) is 1.46. The zero-order chi connectivity index (χ0) is 28.4. The molecule has 210 valence electrons. The molecule has 0 radical (unpaired) electrons. The van der Waals surface area contributed by atoms with Crippen molar-refractivity contribution in [1.82, 2.24) is 34.8 Å². The number of imidazole rings is 2. The Morgan fingerprint density at radius 1 is 1.18 bits per heavy atom. The molecule has 7 N–H and O–H groups in total. The van der Waals surface area contributed by atoms with Crippen LogP contribution in [-0.4, -0.2) is 98.2 Å². The minimum atomic E-state index is -1.32. The number of amides is 1. The third-order valence-corrected chi connectivity index (χ3v) is 6.78. The molecule has 1 fully saturated rings. The lowest BCUT2D eigenvalue weighted by Gasteiger charge is -2.19. The second kappa shape index (κ2) is 11.3. The second-order valence-electron chi connectivity index (χ2n) is 9.42. The van der Waals surface area contributed by atoms with Gasteiger partial charge < -0.3 is 45.7 Å². The van der Waals surface area contributed by atoms with Gasteiger partial charge in [0.15, 0.2) is 11.5 Å². The number of fused-ring (bicyclic) bond motifs is 1. The lowest BCUT2D eigenvalue weighted by molar-refractivity contribution is -0.389. The molecule has 1 aliphatic rings. The first-order valence-electron chi connectivity index (χ1n) is 12.4. The molecule has 1 aliphatic carbocycles. The van der Waals surface area contributed by atoms with E-state index >= 15 is 0 Å². The number of hydrogen-bond donors (Lipinski definition) is 7. The van der Waals surface area contributed by atoms with Crippen molar-refractivity contribution in [2.24, 2.45) is 0 Å². The Balaban J connectivity index is 1.55. The number of aliphatic hydroxyl groups excluding tert-OH is 4. The number of aliphatic hydroxyl groups is 4. The number of hydrogen-bond acceptors (Lipinski definition) is 12. The van der Waals surface area contributed by atoms with Gasteiger partial charge in [-0.25, -0.2) is 24.9 Å². The van der Waals surface area contributed by atoms with Crippen LogP contribution in [0.2, 0.25) is 0 Å². The summed E-state index contributed by atoms with van der Waals surface area (Å²) in [6.45, 7) is -1.02. The fourth-order valence-electron chi connectivity index (χ4n) is 4.82. The van der Waals surface area contributed by atoms with Crippen molar-refractivity contribution in [3.8, 4) is 11.6 Å². The largest absolute Gasteiger partial charge is 0.394 e. The van der Waals surface area contributed by atoms with Gasteiger partial charge in [0, 0.05) is 0 Å². The molecule has 16 nitrogen and oxygen atoms in total. The minimum Gasteiger partial charge on any atom is -0.394 e. The van der Waals surface area contributed by atoms with Gasteiger partial charge in [-0.1, -0.05) is 30.3 Å². The highest BCUT2D eigenvalue weighted by atomic mass is 16.6. The first kappa shape index (κ1) is 27.1. The monoisotopic (exact) mass is 553 g/mol. The summed E-state index contributed by atoms with van der Waals surface area (Å²) >= 11 is 0. The zero-order valence-electron chi connectivity index (χ0n) is 21.0. The van der Waals surface area contributed by atoms with Crippen molar-refractivity contribution in [3.63, 3.8) is 0 Å². The van der Waals surface area contributed by atoms with Crippen LogP contribution in [0, 0.1) is 10.1 Å². The third-order valence-electron chi connectivity index (χ3n) is 6.78. The summed E-state index contributed by atoms with van der Waals surface area (Å²) < 4.78 is 1.52. The number of rotatable bonds is 10. The first-order chi connectivity index (χ1) is 19.3. The normalized spacial score (nSPS) is 21.4. The van der Waals surface area contributed by atoms with Crippen LogP contribution in [0.4, 0.5) is 11.6 Å². The molecule has 0 unspecified atom stereocenters. The predicted octanol–water partition coefficient (Wildman–Crippen LogP) is -0.716. The molecule has 3 heterocycles. The van der Waals surface area contributed by atoms with E-state index < -0.39 is 47.8 Å². The van der Waals surface area contributed by atoms with Crippen LogP contribution in [0.3, 0.4) is 0 Å². The average molecular weight is 554 g/mol. The van der Waals surface area contributed by atoms with Crippen LogP contribution in [0.1, 0.15) is 18.0 Å². The van der Waals surface area contributed by atoms with Crippen LogP contribution >= 0.6 is 0 Å². The van der Waals surface area contributed by atoms with Crippen LogP contribution in [0.25, 0.3) is 22.8 Å². The second-order valence-corrected chi connectivity index (χ2v) is 9.42. The molecular weight excluding hydrogens is 526 g/mol. The number of aromatic amines is 1. The van der Waals surface area contributed by atoms with Crippen molar-refractivity contribution in [2.45, 2.75) is 43.2 Å². The van der Waals surface area contributed by atoms with E-state index in [9.17, 15) is 30.2 Å². The summed E-state index contributed by atoms with van der Waals surface area (Å²) in [6, 6.07) is 7.39. The van der Waals surface area contributed by atoms with Gasteiger partial charge in [0.05, 0.1) is 31.1 Å². The van der Waals surface area contributed by atoms with E-state index in [0.29, 0.717) is 6.42 Å². The molecular formula is C24H27N9O7. The van der Waals surface area contributed by atoms with E-state index in [-0.39, 0.29) is 47.5 Å². The van der Waals surface area contributed by atoms with Crippen molar-refractivity contribution in [3.05, 3.63) is 58.5 Å². The van der Waals surface area contributed by atoms with Crippen molar-refractivity contribution >= 4 is 28.7 Å². The maximum absolute atomic E-state index is 11.7. The Kier molecular flexibility index (Phi) is 7.65. The number of nitro groups is 1. The van der Waals surface area contributed by atoms with Gasteiger partial charge in [0.2, 0.25) is 11.7 Å². The number of carbonyl (C=O) groups excluding carboxylic acids is 1. The van der Waals surface area contributed by atoms with E-state index in [1.807, 2.05) is 30.3 Å². The Morgan fingerprint density at radius 2 is 1.95 bits per heavy atom. The minimum absolute atomic E-state index is 0.00750. The summed E-state index contributed by atoms with van der Waals surface area (Å²) in [7, 11) is 0.